The van der Waals surface area contributed by atoms with E-state index in [-0.39, 0.29) is 29.3 Å². The largest absolute Gasteiger partial charge is 0.748 e. The molecule has 0 aliphatic carbocycles. The molecule has 3 aromatic rings. The predicted molar refractivity (Wildman–Crippen MR) is 146 cm³/mol. The van der Waals surface area contributed by atoms with Gasteiger partial charge >= 0.3 is 0 Å². The van der Waals surface area contributed by atoms with E-state index in [0.29, 0.717) is 17.0 Å². The maximum atomic E-state index is 11.8. The smallest absolute Gasteiger partial charge is 0.270 e. The van der Waals surface area contributed by atoms with Gasteiger partial charge in [0.25, 0.3) is 5.70 Å². The van der Waals surface area contributed by atoms with Crippen molar-refractivity contribution in [1.29, 1.82) is 10.5 Å². The first-order valence-corrected chi connectivity index (χ1v) is 13.2. The number of hydrogen-bond acceptors (Lipinski definition) is 7. The van der Waals surface area contributed by atoms with Gasteiger partial charge in [-0.2, -0.15) is 5.26 Å². The number of nitriles is 2. The summed E-state index contributed by atoms with van der Waals surface area (Å²) in [5, 5.41) is 18.2. The Kier molecular flexibility index (Phi) is 7.93. The topological polar surface area (TPSA) is 122 Å². The molecule has 3 aromatic carbocycles. The Morgan fingerprint density at radius 3 is 2.31 bits per heavy atom. The molecule has 9 heteroatoms. The highest BCUT2D eigenvalue weighted by Crippen LogP contribution is 2.42. The van der Waals surface area contributed by atoms with Gasteiger partial charge in [-0.1, -0.05) is 66.7 Å². The minimum Gasteiger partial charge on any atom is -0.748 e. The summed E-state index contributed by atoms with van der Waals surface area (Å²) in [5.41, 5.74) is 2.82. The average Bonchev–Trinajstić information content (AvgIpc) is 3.29. The molecule has 0 bridgehead atoms. The molecule has 0 radical (unpaired) electrons. The number of anilines is 1. The Labute approximate surface area is 227 Å². The van der Waals surface area contributed by atoms with E-state index < -0.39 is 15.4 Å². The first-order chi connectivity index (χ1) is 18.8. The third-order valence-electron chi connectivity index (χ3n) is 6.07. The molecular formula is C30H21N4O4S-. The fourth-order valence-electron chi connectivity index (χ4n) is 4.06. The molecule has 8 nitrogen and oxygen atoms in total. The number of nitrogens with zero attached hydrogens (tertiary/aromatic N) is 4. The van der Waals surface area contributed by atoms with E-state index in [1.165, 1.54) is 19.1 Å². The molecule has 0 spiro atoms. The monoisotopic (exact) mass is 533 g/mol. The number of rotatable bonds is 7. The lowest BCUT2D eigenvalue weighted by Gasteiger charge is -2.24. The maximum absolute atomic E-state index is 11.8. The highest BCUT2D eigenvalue weighted by Gasteiger charge is 2.29. The number of benzene rings is 3. The summed E-state index contributed by atoms with van der Waals surface area (Å²) in [6.07, 6.45) is 2.88. The van der Waals surface area contributed by atoms with E-state index in [2.05, 4.69) is 4.85 Å². The molecule has 39 heavy (non-hydrogen) atoms. The van der Waals surface area contributed by atoms with Crippen LogP contribution in [0.3, 0.4) is 0 Å². The van der Waals surface area contributed by atoms with Gasteiger partial charge in [-0.15, -0.1) is 0 Å². The van der Waals surface area contributed by atoms with Crippen molar-refractivity contribution in [2.45, 2.75) is 12.2 Å². The minimum atomic E-state index is -4.60. The van der Waals surface area contributed by atoms with Crippen LogP contribution in [0.1, 0.15) is 12.5 Å². The van der Waals surface area contributed by atoms with Gasteiger partial charge in [-0.05, 0) is 41.8 Å². The molecule has 0 aromatic heterocycles. The predicted octanol–water partition coefficient (Wildman–Crippen LogP) is 5.63. The zero-order chi connectivity index (χ0) is 28.0. The molecule has 1 heterocycles. The summed E-state index contributed by atoms with van der Waals surface area (Å²) < 4.78 is 41.3. The van der Waals surface area contributed by atoms with E-state index in [4.69, 9.17) is 11.3 Å². The second kappa shape index (κ2) is 11.5. The molecule has 0 fully saturated rings. The van der Waals surface area contributed by atoms with Gasteiger partial charge in [0.15, 0.2) is 5.75 Å². The number of fused-ring (bicyclic) bond motifs is 1. The van der Waals surface area contributed by atoms with Crippen LogP contribution in [0.25, 0.3) is 21.5 Å². The summed E-state index contributed by atoms with van der Waals surface area (Å²) in [7, 11) is -4.60. The lowest BCUT2D eigenvalue weighted by atomic mass is 9.96. The summed E-state index contributed by atoms with van der Waals surface area (Å²) in [5.74, 6) is 0.633. The number of allylic oxidation sites excluding steroid dienone is 5. The summed E-state index contributed by atoms with van der Waals surface area (Å²) >= 11 is 0. The van der Waals surface area contributed by atoms with Crippen molar-refractivity contribution in [1.82, 2.24) is 0 Å². The van der Waals surface area contributed by atoms with Crippen LogP contribution in [0.15, 0.2) is 108 Å². The van der Waals surface area contributed by atoms with E-state index in [9.17, 15) is 23.5 Å². The van der Waals surface area contributed by atoms with Gasteiger partial charge in [0, 0.05) is 18.2 Å². The molecular weight excluding hydrogens is 512 g/mol. The second-order valence-corrected chi connectivity index (χ2v) is 10.4. The van der Waals surface area contributed by atoms with Gasteiger partial charge in [-0.3, -0.25) is 0 Å². The number of ether oxygens (including phenoxy) is 1. The summed E-state index contributed by atoms with van der Waals surface area (Å²) in [4.78, 5) is 4.87. The normalized spacial score (nSPS) is 15.3. The van der Waals surface area contributed by atoms with Crippen LogP contribution in [-0.2, 0) is 10.1 Å². The van der Waals surface area contributed by atoms with Gasteiger partial charge in [0.2, 0.25) is 5.88 Å². The Morgan fingerprint density at radius 1 is 1.05 bits per heavy atom. The third-order valence-corrected chi connectivity index (χ3v) is 7.20. The van der Waals surface area contributed by atoms with Crippen molar-refractivity contribution in [2.75, 3.05) is 11.4 Å². The Morgan fingerprint density at radius 2 is 1.72 bits per heavy atom. The van der Waals surface area contributed by atoms with Crippen LogP contribution in [0, 0.1) is 29.2 Å². The Bertz CT molecular complexity index is 1710. The molecule has 0 N–H and O–H groups in total. The van der Waals surface area contributed by atoms with Crippen LogP contribution >= 0.6 is 0 Å². The minimum absolute atomic E-state index is 0.0372. The molecule has 1 atom stereocenters. The van der Waals surface area contributed by atoms with Crippen molar-refractivity contribution in [2.24, 2.45) is 0 Å². The van der Waals surface area contributed by atoms with Crippen molar-refractivity contribution in [3.05, 3.63) is 125 Å². The van der Waals surface area contributed by atoms with Crippen LogP contribution in [0.5, 0.6) is 5.75 Å². The van der Waals surface area contributed by atoms with Crippen molar-refractivity contribution < 1.29 is 17.7 Å². The van der Waals surface area contributed by atoms with E-state index in [0.717, 1.165) is 11.1 Å². The Hall–Kier alpha value is -5.14. The fourth-order valence-corrected chi connectivity index (χ4v) is 4.40. The van der Waals surface area contributed by atoms with Crippen LogP contribution in [0.4, 0.5) is 5.69 Å². The lowest BCUT2D eigenvalue weighted by molar-refractivity contribution is 0.431. The van der Waals surface area contributed by atoms with Gasteiger partial charge in [-0.25, -0.2) is 18.5 Å². The van der Waals surface area contributed by atoms with Crippen molar-refractivity contribution >= 4 is 21.4 Å². The average molecular weight is 534 g/mol. The molecule has 1 unspecified atom stereocenters. The molecule has 1 aliphatic heterocycles. The Balaban J connectivity index is 1.82. The van der Waals surface area contributed by atoms with Crippen molar-refractivity contribution in [3.63, 3.8) is 0 Å². The standard InChI is InChI=1S/C30H22N4O4S/c1-21(39(35,36)37)20-34-27-17-24(22-9-5-3-6-10-22)13-15-28(27)38-29(34)16-14-25(18-31)30(26(19-32)33-2)23-11-7-4-8-12-23/h3-17,21H,20H2,1H3,(H,35,36,37)/p-1/b25-14+,29-16-,30-26-. The summed E-state index contributed by atoms with van der Waals surface area (Å²) in [6.45, 7) is 8.56. The molecule has 192 valence electrons. The first kappa shape index (κ1) is 26.9. The van der Waals surface area contributed by atoms with Crippen LogP contribution in [-0.4, -0.2) is 24.8 Å². The maximum Gasteiger partial charge on any atom is 0.270 e. The second-order valence-electron chi connectivity index (χ2n) is 8.57. The highest BCUT2D eigenvalue weighted by atomic mass is 32.2. The third kappa shape index (κ3) is 5.89. The SMILES string of the molecule is [C-]#[N+]\C(C#N)=C(/C(C#N)=C/C=C1\Oc2ccc(-c3ccccc3)cc2N1CC(C)S(=O)(=O)[O-])c1ccccc1. The molecule has 1 aliphatic rings. The molecule has 0 saturated carbocycles. The number of hydrogen-bond donors (Lipinski definition) is 0. The molecule has 0 saturated heterocycles. The first-order valence-electron chi connectivity index (χ1n) is 11.8. The lowest BCUT2D eigenvalue weighted by Crippen LogP contribution is -2.33. The van der Waals surface area contributed by atoms with Gasteiger partial charge in [0.1, 0.15) is 0 Å². The quantitative estimate of drug-likeness (QED) is 0.167. The van der Waals surface area contributed by atoms with Crippen LogP contribution in [0.2, 0.25) is 0 Å². The van der Waals surface area contributed by atoms with Gasteiger partial charge in [0.05, 0.1) is 45.3 Å². The van der Waals surface area contributed by atoms with Gasteiger partial charge < -0.3 is 14.2 Å². The van der Waals surface area contributed by atoms with Crippen molar-refractivity contribution in [3.8, 4) is 29.0 Å². The van der Waals surface area contributed by atoms with E-state index in [1.807, 2.05) is 54.6 Å². The highest BCUT2D eigenvalue weighted by molar-refractivity contribution is 7.86. The van der Waals surface area contributed by atoms with Crippen LogP contribution < -0.4 is 9.64 Å². The van der Waals surface area contributed by atoms with E-state index >= 15 is 0 Å². The molecule has 0 amide bonds. The zero-order valence-electron chi connectivity index (χ0n) is 20.8. The summed E-state index contributed by atoms with van der Waals surface area (Å²) in [6, 6.07) is 27.6. The fraction of sp³-hybridized carbons (Fsp3) is 0.100. The zero-order valence-corrected chi connectivity index (χ0v) is 21.6. The molecule has 4 rings (SSSR count). The van der Waals surface area contributed by atoms with E-state index in [1.54, 1.807) is 41.3 Å².